The highest BCUT2D eigenvalue weighted by Gasteiger charge is 2.07. The molecule has 0 saturated heterocycles. The van der Waals surface area contributed by atoms with E-state index in [0.29, 0.717) is 5.82 Å². The van der Waals surface area contributed by atoms with Crippen molar-refractivity contribution in [2.24, 2.45) is 0 Å². The van der Waals surface area contributed by atoms with Crippen LogP contribution in [0.15, 0.2) is 47.2 Å². The second kappa shape index (κ2) is 3.85. The molecule has 0 saturated carbocycles. The standard InChI is InChI=1S/C12H9BrN4/c13-9-3-1-8(2-4-9)10-7-15-17-6-5-11(14)16-12(10)17/h1-7H,(H2,14,16). The van der Waals surface area contributed by atoms with Crippen molar-refractivity contribution in [2.45, 2.75) is 0 Å². The van der Waals surface area contributed by atoms with Gasteiger partial charge in [0.15, 0.2) is 5.65 Å². The van der Waals surface area contributed by atoms with E-state index in [-0.39, 0.29) is 0 Å². The predicted molar refractivity (Wildman–Crippen MR) is 70.5 cm³/mol. The Morgan fingerprint density at radius 2 is 1.88 bits per heavy atom. The van der Waals surface area contributed by atoms with E-state index in [9.17, 15) is 0 Å². The van der Waals surface area contributed by atoms with Crippen LogP contribution in [0.1, 0.15) is 0 Å². The maximum absolute atomic E-state index is 5.69. The highest BCUT2D eigenvalue weighted by molar-refractivity contribution is 9.10. The van der Waals surface area contributed by atoms with Crippen LogP contribution in [0.5, 0.6) is 0 Å². The van der Waals surface area contributed by atoms with Crippen molar-refractivity contribution in [3.63, 3.8) is 0 Å². The zero-order valence-electron chi connectivity index (χ0n) is 8.84. The quantitative estimate of drug-likeness (QED) is 0.749. The van der Waals surface area contributed by atoms with Gasteiger partial charge in [0.25, 0.3) is 0 Å². The number of fused-ring (bicyclic) bond motifs is 1. The molecule has 2 N–H and O–H groups in total. The van der Waals surface area contributed by atoms with Crippen LogP contribution in [-0.4, -0.2) is 14.6 Å². The Morgan fingerprint density at radius 3 is 2.65 bits per heavy atom. The first-order valence-electron chi connectivity index (χ1n) is 5.10. The number of hydrogen-bond acceptors (Lipinski definition) is 3. The summed E-state index contributed by atoms with van der Waals surface area (Å²) in [5.74, 6) is 0.497. The third kappa shape index (κ3) is 1.78. The fraction of sp³-hybridized carbons (Fsp3) is 0. The number of nitrogens with zero attached hydrogens (tertiary/aromatic N) is 3. The number of aromatic nitrogens is 3. The van der Waals surface area contributed by atoms with Crippen LogP contribution >= 0.6 is 15.9 Å². The summed E-state index contributed by atoms with van der Waals surface area (Å²) < 4.78 is 2.76. The molecule has 4 nitrogen and oxygen atoms in total. The normalized spacial score (nSPS) is 10.9. The van der Waals surface area contributed by atoms with E-state index in [4.69, 9.17) is 5.73 Å². The summed E-state index contributed by atoms with van der Waals surface area (Å²) in [6.07, 6.45) is 3.60. The first kappa shape index (κ1) is 10.3. The lowest BCUT2D eigenvalue weighted by Crippen LogP contribution is -1.95. The lowest BCUT2D eigenvalue weighted by Gasteiger charge is -2.00. The maximum Gasteiger partial charge on any atom is 0.165 e. The first-order valence-corrected chi connectivity index (χ1v) is 5.89. The summed E-state index contributed by atoms with van der Waals surface area (Å²) in [6.45, 7) is 0. The van der Waals surface area contributed by atoms with Crippen LogP contribution in [0.25, 0.3) is 16.8 Å². The molecule has 1 aromatic carbocycles. The summed E-state index contributed by atoms with van der Waals surface area (Å²) in [6, 6.07) is 9.75. The summed E-state index contributed by atoms with van der Waals surface area (Å²) in [7, 11) is 0. The molecule has 0 spiro atoms. The van der Waals surface area contributed by atoms with E-state index in [0.717, 1.165) is 21.2 Å². The average molecular weight is 289 g/mol. The number of halogens is 1. The molecule has 0 atom stereocenters. The third-order valence-corrected chi connectivity index (χ3v) is 3.07. The van der Waals surface area contributed by atoms with Crippen LogP contribution < -0.4 is 5.73 Å². The van der Waals surface area contributed by atoms with Crippen LogP contribution in [0, 0.1) is 0 Å². The number of nitrogen functional groups attached to an aromatic ring is 1. The Kier molecular flexibility index (Phi) is 2.33. The topological polar surface area (TPSA) is 56.2 Å². The van der Waals surface area contributed by atoms with Gasteiger partial charge in [0.2, 0.25) is 0 Å². The zero-order chi connectivity index (χ0) is 11.8. The zero-order valence-corrected chi connectivity index (χ0v) is 10.4. The molecule has 0 aliphatic heterocycles. The first-order chi connectivity index (χ1) is 8.24. The molecule has 0 aliphatic rings. The van der Waals surface area contributed by atoms with Crippen molar-refractivity contribution in [1.29, 1.82) is 0 Å². The molecule has 5 heteroatoms. The van der Waals surface area contributed by atoms with Crippen LogP contribution in [-0.2, 0) is 0 Å². The second-order valence-electron chi connectivity index (χ2n) is 3.69. The number of hydrogen-bond donors (Lipinski definition) is 1. The molecule has 0 unspecified atom stereocenters. The van der Waals surface area contributed by atoms with Crippen molar-refractivity contribution in [1.82, 2.24) is 14.6 Å². The van der Waals surface area contributed by atoms with Crippen molar-refractivity contribution in [2.75, 3.05) is 5.73 Å². The Hall–Kier alpha value is -1.88. The maximum atomic E-state index is 5.69. The Bertz CT molecular complexity index is 673. The SMILES string of the molecule is Nc1ccn2ncc(-c3ccc(Br)cc3)c2n1. The minimum atomic E-state index is 0.497. The van der Waals surface area contributed by atoms with Crippen molar-refractivity contribution in [3.8, 4) is 11.1 Å². The Labute approximate surface area is 106 Å². The molecule has 17 heavy (non-hydrogen) atoms. The molecule has 0 amide bonds. The van der Waals surface area contributed by atoms with Gasteiger partial charge in [-0.15, -0.1) is 0 Å². The van der Waals surface area contributed by atoms with Crippen LogP contribution in [0.3, 0.4) is 0 Å². The van der Waals surface area contributed by atoms with Crippen molar-refractivity contribution < 1.29 is 0 Å². The Balaban J connectivity index is 2.23. The summed E-state index contributed by atoms with van der Waals surface area (Å²) in [5, 5.41) is 4.25. The minimum absolute atomic E-state index is 0.497. The van der Waals surface area contributed by atoms with Crippen molar-refractivity contribution >= 4 is 27.4 Å². The van der Waals surface area contributed by atoms with Crippen molar-refractivity contribution in [3.05, 3.63) is 47.2 Å². The summed E-state index contributed by atoms with van der Waals surface area (Å²) in [5.41, 5.74) is 8.51. The molecule has 3 rings (SSSR count). The van der Waals surface area contributed by atoms with Gasteiger partial charge in [-0.25, -0.2) is 9.50 Å². The number of anilines is 1. The lowest BCUT2D eigenvalue weighted by molar-refractivity contribution is 0.942. The average Bonchev–Trinajstić information content (AvgIpc) is 2.73. The van der Waals surface area contributed by atoms with Gasteiger partial charge in [-0.05, 0) is 23.8 Å². The molecule has 0 fully saturated rings. The molecule has 84 valence electrons. The molecule has 0 bridgehead atoms. The molecular weight excluding hydrogens is 280 g/mol. The van der Waals surface area contributed by atoms with E-state index >= 15 is 0 Å². The fourth-order valence-electron chi connectivity index (χ4n) is 1.72. The summed E-state index contributed by atoms with van der Waals surface area (Å²) in [4.78, 5) is 4.30. The lowest BCUT2D eigenvalue weighted by atomic mass is 10.1. The van der Waals surface area contributed by atoms with Gasteiger partial charge in [0, 0.05) is 16.2 Å². The largest absolute Gasteiger partial charge is 0.384 e. The van der Waals surface area contributed by atoms with Crippen LogP contribution in [0.4, 0.5) is 5.82 Å². The molecule has 2 aromatic heterocycles. The second-order valence-corrected chi connectivity index (χ2v) is 4.60. The van der Waals surface area contributed by atoms with Gasteiger partial charge >= 0.3 is 0 Å². The van der Waals surface area contributed by atoms with E-state index in [1.807, 2.05) is 24.3 Å². The minimum Gasteiger partial charge on any atom is -0.384 e. The molecule has 3 aromatic rings. The molecule has 0 radical (unpaired) electrons. The highest BCUT2D eigenvalue weighted by atomic mass is 79.9. The van der Waals surface area contributed by atoms with E-state index < -0.39 is 0 Å². The van der Waals surface area contributed by atoms with Gasteiger partial charge in [-0.3, -0.25) is 0 Å². The van der Waals surface area contributed by atoms with E-state index in [2.05, 4.69) is 26.0 Å². The molecular formula is C12H9BrN4. The fourth-order valence-corrected chi connectivity index (χ4v) is 1.98. The number of rotatable bonds is 1. The van der Waals surface area contributed by atoms with Crippen LogP contribution in [0.2, 0.25) is 0 Å². The number of benzene rings is 1. The predicted octanol–water partition coefficient (Wildman–Crippen LogP) is 2.74. The van der Waals surface area contributed by atoms with E-state index in [1.54, 1.807) is 23.0 Å². The Morgan fingerprint density at radius 1 is 1.12 bits per heavy atom. The third-order valence-electron chi connectivity index (χ3n) is 2.55. The summed E-state index contributed by atoms with van der Waals surface area (Å²) >= 11 is 3.41. The molecule has 0 aliphatic carbocycles. The van der Waals surface area contributed by atoms with Gasteiger partial charge in [-0.2, -0.15) is 5.10 Å². The highest BCUT2D eigenvalue weighted by Crippen LogP contribution is 2.25. The van der Waals surface area contributed by atoms with Gasteiger partial charge in [0.05, 0.1) is 6.20 Å². The van der Waals surface area contributed by atoms with Gasteiger partial charge in [-0.1, -0.05) is 28.1 Å². The van der Waals surface area contributed by atoms with Gasteiger partial charge < -0.3 is 5.73 Å². The van der Waals surface area contributed by atoms with Gasteiger partial charge in [0.1, 0.15) is 5.82 Å². The number of nitrogens with two attached hydrogens (primary N) is 1. The smallest absolute Gasteiger partial charge is 0.165 e. The monoisotopic (exact) mass is 288 g/mol. The molecule has 2 heterocycles. The van der Waals surface area contributed by atoms with E-state index in [1.165, 1.54) is 0 Å².